The van der Waals surface area contributed by atoms with Crippen molar-refractivity contribution in [1.29, 1.82) is 0 Å². The van der Waals surface area contributed by atoms with Gasteiger partial charge in [-0.05, 0) is 43.0 Å². The van der Waals surface area contributed by atoms with Gasteiger partial charge in [0.1, 0.15) is 0 Å². The zero-order chi connectivity index (χ0) is 21.3. The Balaban J connectivity index is 1.45. The Morgan fingerprint density at radius 3 is 2.43 bits per heavy atom. The second-order valence-corrected chi connectivity index (χ2v) is 11.2. The normalized spacial score (nSPS) is 15.5. The smallest absolute Gasteiger partial charge is 0.185 e. The number of thiazole rings is 1. The van der Waals surface area contributed by atoms with Crippen LogP contribution in [0.5, 0.6) is 0 Å². The van der Waals surface area contributed by atoms with Crippen LogP contribution in [0.2, 0.25) is 10.0 Å². The van der Waals surface area contributed by atoms with Crippen LogP contribution in [0, 0.1) is 0 Å². The molecular formula is C22H22Cl2N2O2S2. The molecule has 0 atom stereocenters. The van der Waals surface area contributed by atoms with E-state index in [-0.39, 0.29) is 9.92 Å². The van der Waals surface area contributed by atoms with Gasteiger partial charge >= 0.3 is 0 Å². The molecule has 0 aliphatic carbocycles. The molecule has 1 aliphatic rings. The van der Waals surface area contributed by atoms with Crippen LogP contribution in [0.4, 0.5) is 5.13 Å². The number of aryl methyl sites for hydroxylation is 1. The van der Waals surface area contributed by atoms with Crippen LogP contribution in [-0.2, 0) is 16.3 Å². The zero-order valence-electron chi connectivity index (χ0n) is 16.5. The minimum atomic E-state index is -3.49. The molecule has 0 saturated carbocycles. The molecule has 158 valence electrons. The highest BCUT2D eigenvalue weighted by molar-refractivity contribution is 7.92. The highest BCUT2D eigenvalue weighted by Crippen LogP contribution is 2.34. The third kappa shape index (κ3) is 4.37. The van der Waals surface area contributed by atoms with E-state index in [2.05, 4.69) is 41.5 Å². The van der Waals surface area contributed by atoms with Crippen LogP contribution in [0.1, 0.15) is 25.3 Å². The summed E-state index contributed by atoms with van der Waals surface area (Å²) in [5.74, 6) is 0. The van der Waals surface area contributed by atoms with E-state index in [9.17, 15) is 8.42 Å². The molecule has 2 heterocycles. The first-order valence-corrected chi connectivity index (χ1v) is 13.1. The Kier molecular flexibility index (Phi) is 6.39. The molecule has 1 fully saturated rings. The predicted molar refractivity (Wildman–Crippen MR) is 126 cm³/mol. The van der Waals surface area contributed by atoms with E-state index in [1.54, 1.807) is 17.4 Å². The van der Waals surface area contributed by atoms with Crippen molar-refractivity contribution < 1.29 is 8.42 Å². The summed E-state index contributed by atoms with van der Waals surface area (Å²) in [6, 6.07) is 13.0. The molecule has 0 amide bonds. The van der Waals surface area contributed by atoms with E-state index in [1.807, 2.05) is 0 Å². The van der Waals surface area contributed by atoms with Crippen LogP contribution in [0.15, 0.2) is 52.7 Å². The Morgan fingerprint density at radius 1 is 1.10 bits per heavy atom. The largest absolute Gasteiger partial charge is 0.348 e. The van der Waals surface area contributed by atoms with Crippen LogP contribution < -0.4 is 4.90 Å². The first kappa shape index (κ1) is 21.6. The fraction of sp³-hybridized carbons (Fsp3) is 0.318. The number of sulfone groups is 1. The number of aromatic nitrogens is 1. The first-order valence-electron chi connectivity index (χ1n) is 9.87. The van der Waals surface area contributed by atoms with Crippen molar-refractivity contribution in [1.82, 2.24) is 4.98 Å². The molecule has 0 spiro atoms. The minimum absolute atomic E-state index is 0.166. The van der Waals surface area contributed by atoms with Crippen molar-refractivity contribution in [3.05, 3.63) is 63.5 Å². The van der Waals surface area contributed by atoms with Gasteiger partial charge in [0.05, 0.1) is 20.9 Å². The van der Waals surface area contributed by atoms with Crippen LogP contribution in [0.25, 0.3) is 11.3 Å². The van der Waals surface area contributed by atoms with E-state index in [0.29, 0.717) is 31.0 Å². The van der Waals surface area contributed by atoms with Crippen LogP contribution in [0.3, 0.4) is 0 Å². The average Bonchev–Trinajstić information content (AvgIpc) is 3.24. The molecule has 0 bridgehead atoms. The number of piperidine rings is 1. The molecule has 8 heteroatoms. The van der Waals surface area contributed by atoms with E-state index >= 15 is 0 Å². The fourth-order valence-corrected chi connectivity index (χ4v) is 7.09. The van der Waals surface area contributed by atoms with Gasteiger partial charge in [-0.15, -0.1) is 11.3 Å². The lowest BCUT2D eigenvalue weighted by atomic mass is 10.1. The van der Waals surface area contributed by atoms with Crippen LogP contribution in [-0.4, -0.2) is 31.7 Å². The summed E-state index contributed by atoms with van der Waals surface area (Å²) in [5, 5.41) is 3.16. The average molecular weight is 481 g/mol. The number of benzene rings is 2. The summed E-state index contributed by atoms with van der Waals surface area (Å²) in [6.07, 6.45) is 2.10. The highest BCUT2D eigenvalue weighted by atomic mass is 35.5. The van der Waals surface area contributed by atoms with Crippen LogP contribution >= 0.6 is 34.5 Å². The maximum absolute atomic E-state index is 13.0. The number of anilines is 1. The Hall–Kier alpha value is -1.60. The molecule has 30 heavy (non-hydrogen) atoms. The van der Waals surface area contributed by atoms with Gasteiger partial charge in [0.2, 0.25) is 0 Å². The third-order valence-electron chi connectivity index (χ3n) is 5.50. The van der Waals surface area contributed by atoms with Gasteiger partial charge < -0.3 is 4.90 Å². The summed E-state index contributed by atoms with van der Waals surface area (Å²) >= 11 is 13.7. The lowest BCUT2D eigenvalue weighted by Gasteiger charge is -2.31. The number of hydrogen-bond acceptors (Lipinski definition) is 5. The summed E-state index contributed by atoms with van der Waals surface area (Å²) < 4.78 is 26.1. The molecule has 4 nitrogen and oxygen atoms in total. The SMILES string of the molecule is CCc1ccc(-c2csc(N3CCC(S(=O)(=O)c4ccc(Cl)cc4Cl)CC3)n2)cc1. The molecule has 1 aliphatic heterocycles. The van der Waals surface area contributed by atoms with E-state index in [0.717, 1.165) is 22.8 Å². The maximum Gasteiger partial charge on any atom is 0.185 e. The van der Waals surface area contributed by atoms with E-state index in [1.165, 1.54) is 17.7 Å². The molecule has 1 saturated heterocycles. The van der Waals surface area contributed by atoms with Crippen molar-refractivity contribution in [3.63, 3.8) is 0 Å². The lowest BCUT2D eigenvalue weighted by Crippen LogP contribution is -2.39. The third-order valence-corrected chi connectivity index (χ3v) is 9.38. The summed E-state index contributed by atoms with van der Waals surface area (Å²) in [4.78, 5) is 7.12. The van der Waals surface area contributed by atoms with E-state index < -0.39 is 15.1 Å². The van der Waals surface area contributed by atoms with Crippen molar-refractivity contribution in [2.24, 2.45) is 0 Å². The monoisotopic (exact) mass is 480 g/mol. The Bertz CT molecular complexity index is 1140. The molecule has 0 N–H and O–H groups in total. The second kappa shape index (κ2) is 8.87. The first-order chi connectivity index (χ1) is 14.4. The quantitative estimate of drug-likeness (QED) is 0.441. The molecule has 0 unspecified atom stereocenters. The number of nitrogens with zero attached hydrogens (tertiary/aromatic N) is 2. The molecule has 3 aromatic rings. The van der Waals surface area contributed by atoms with E-state index in [4.69, 9.17) is 28.2 Å². The van der Waals surface area contributed by atoms with Crippen molar-refractivity contribution in [3.8, 4) is 11.3 Å². The van der Waals surface area contributed by atoms with Gasteiger partial charge in [-0.2, -0.15) is 0 Å². The summed E-state index contributed by atoms with van der Waals surface area (Å²) in [5.41, 5.74) is 3.36. The summed E-state index contributed by atoms with van der Waals surface area (Å²) in [6.45, 7) is 3.44. The number of halogens is 2. The molecule has 2 aromatic carbocycles. The predicted octanol–water partition coefficient (Wildman–Crippen LogP) is 6.12. The van der Waals surface area contributed by atoms with Gasteiger partial charge in [0.15, 0.2) is 15.0 Å². The fourth-order valence-electron chi connectivity index (χ4n) is 3.70. The molecule has 4 rings (SSSR count). The van der Waals surface area contributed by atoms with Crippen molar-refractivity contribution in [2.45, 2.75) is 36.3 Å². The number of rotatable bonds is 5. The van der Waals surface area contributed by atoms with Gasteiger partial charge in [-0.3, -0.25) is 0 Å². The lowest BCUT2D eigenvalue weighted by molar-refractivity contribution is 0.529. The summed E-state index contributed by atoms with van der Waals surface area (Å²) in [7, 11) is -3.49. The van der Waals surface area contributed by atoms with Gasteiger partial charge in [-0.25, -0.2) is 13.4 Å². The zero-order valence-corrected chi connectivity index (χ0v) is 19.7. The Morgan fingerprint density at radius 2 is 1.80 bits per heavy atom. The van der Waals surface area contributed by atoms with Crippen molar-refractivity contribution >= 4 is 49.5 Å². The molecule has 0 radical (unpaired) electrons. The Labute approximate surface area is 191 Å². The standard InChI is InChI=1S/C22H22Cl2N2O2S2/c1-2-15-3-5-16(6-4-15)20-14-29-22(25-20)26-11-9-18(10-12-26)30(27,28)21-8-7-17(23)13-19(21)24/h3-8,13-14,18H,2,9-12H2,1H3. The topological polar surface area (TPSA) is 50.3 Å². The van der Waals surface area contributed by atoms with Gasteiger partial charge in [0.25, 0.3) is 0 Å². The number of hydrogen-bond donors (Lipinski definition) is 0. The molecular weight excluding hydrogens is 459 g/mol. The second-order valence-electron chi connectivity index (χ2n) is 7.37. The highest BCUT2D eigenvalue weighted by Gasteiger charge is 2.33. The minimum Gasteiger partial charge on any atom is -0.348 e. The van der Waals surface area contributed by atoms with Gasteiger partial charge in [0, 0.05) is 29.1 Å². The molecule has 1 aromatic heterocycles. The van der Waals surface area contributed by atoms with Crippen molar-refractivity contribution in [2.75, 3.05) is 18.0 Å². The van der Waals surface area contributed by atoms with Gasteiger partial charge in [-0.1, -0.05) is 54.4 Å². The maximum atomic E-state index is 13.0.